The third kappa shape index (κ3) is 5.29. The van der Waals surface area contributed by atoms with Crippen LogP contribution in [0.3, 0.4) is 0 Å². The zero-order valence-corrected chi connectivity index (χ0v) is 10.7. The van der Waals surface area contributed by atoms with Gasteiger partial charge in [-0.1, -0.05) is 12.1 Å². The van der Waals surface area contributed by atoms with Gasteiger partial charge in [0.1, 0.15) is 5.82 Å². The van der Waals surface area contributed by atoms with Gasteiger partial charge >= 0.3 is 0 Å². The standard InChI is InChI=1S/C14H21FO2/c1-14(2,17-3)8-7-13(16)10-11-5-4-6-12(15)9-11/h4-6,9,13,16H,7-8,10H2,1-3H3. The molecule has 1 aromatic carbocycles. The monoisotopic (exact) mass is 240 g/mol. The Kier molecular flexibility index (Phi) is 5.09. The van der Waals surface area contributed by atoms with Gasteiger partial charge in [0.2, 0.25) is 0 Å². The van der Waals surface area contributed by atoms with E-state index in [1.807, 2.05) is 19.9 Å². The smallest absolute Gasteiger partial charge is 0.123 e. The van der Waals surface area contributed by atoms with Crippen LogP contribution in [-0.2, 0) is 11.2 Å². The number of hydrogen-bond donors (Lipinski definition) is 1. The molecule has 0 aromatic heterocycles. The first-order valence-electron chi connectivity index (χ1n) is 5.90. The predicted molar refractivity (Wildman–Crippen MR) is 66.4 cm³/mol. The lowest BCUT2D eigenvalue weighted by Gasteiger charge is -2.24. The summed E-state index contributed by atoms with van der Waals surface area (Å²) in [5, 5.41) is 9.87. The second-order valence-corrected chi connectivity index (χ2v) is 4.99. The van der Waals surface area contributed by atoms with Crippen molar-refractivity contribution in [3.63, 3.8) is 0 Å². The summed E-state index contributed by atoms with van der Waals surface area (Å²) in [6, 6.07) is 6.36. The Bertz CT molecular complexity index is 350. The third-order valence-corrected chi connectivity index (χ3v) is 2.99. The van der Waals surface area contributed by atoms with Crippen molar-refractivity contribution in [1.29, 1.82) is 0 Å². The van der Waals surface area contributed by atoms with Gasteiger partial charge in [-0.05, 0) is 50.8 Å². The van der Waals surface area contributed by atoms with E-state index in [0.717, 1.165) is 12.0 Å². The van der Waals surface area contributed by atoms with Gasteiger partial charge in [0, 0.05) is 7.11 Å². The van der Waals surface area contributed by atoms with Crippen LogP contribution in [0.25, 0.3) is 0 Å². The largest absolute Gasteiger partial charge is 0.393 e. The topological polar surface area (TPSA) is 29.5 Å². The van der Waals surface area contributed by atoms with Crippen LogP contribution < -0.4 is 0 Å². The number of ether oxygens (including phenoxy) is 1. The van der Waals surface area contributed by atoms with Crippen LogP contribution in [0.2, 0.25) is 0 Å². The maximum Gasteiger partial charge on any atom is 0.123 e. The molecule has 0 saturated carbocycles. The van der Waals surface area contributed by atoms with Gasteiger partial charge in [0.05, 0.1) is 11.7 Å². The first-order chi connectivity index (χ1) is 7.93. The van der Waals surface area contributed by atoms with E-state index in [1.165, 1.54) is 12.1 Å². The molecule has 0 aliphatic rings. The zero-order valence-electron chi connectivity index (χ0n) is 10.7. The number of benzene rings is 1. The SMILES string of the molecule is COC(C)(C)CCC(O)Cc1cccc(F)c1. The minimum Gasteiger partial charge on any atom is -0.393 e. The van der Waals surface area contributed by atoms with Gasteiger partial charge in [-0.15, -0.1) is 0 Å². The molecule has 0 aliphatic heterocycles. The fourth-order valence-electron chi connectivity index (χ4n) is 1.65. The predicted octanol–water partition coefficient (Wildman–Crippen LogP) is 2.93. The highest BCUT2D eigenvalue weighted by atomic mass is 19.1. The number of hydrogen-bond acceptors (Lipinski definition) is 2. The fraction of sp³-hybridized carbons (Fsp3) is 0.571. The number of halogens is 1. The lowest BCUT2D eigenvalue weighted by Crippen LogP contribution is -2.25. The maximum atomic E-state index is 12.9. The minimum atomic E-state index is -0.453. The van der Waals surface area contributed by atoms with Crippen molar-refractivity contribution in [2.45, 2.75) is 44.8 Å². The molecule has 1 aromatic rings. The van der Waals surface area contributed by atoms with E-state index in [1.54, 1.807) is 13.2 Å². The zero-order chi connectivity index (χ0) is 12.9. The highest BCUT2D eigenvalue weighted by molar-refractivity contribution is 5.17. The summed E-state index contributed by atoms with van der Waals surface area (Å²) < 4.78 is 18.2. The summed E-state index contributed by atoms with van der Waals surface area (Å²) in [7, 11) is 1.67. The Labute approximate surface area is 102 Å². The van der Waals surface area contributed by atoms with E-state index in [2.05, 4.69) is 0 Å². The molecule has 0 aliphatic carbocycles. The van der Waals surface area contributed by atoms with E-state index in [0.29, 0.717) is 12.8 Å². The number of aliphatic hydroxyl groups is 1. The molecule has 1 N–H and O–H groups in total. The molecule has 0 saturated heterocycles. The first-order valence-corrected chi connectivity index (χ1v) is 5.90. The lowest BCUT2D eigenvalue weighted by molar-refractivity contribution is 0.00306. The Morgan fingerprint density at radius 2 is 2.12 bits per heavy atom. The molecule has 0 amide bonds. The molecule has 0 heterocycles. The summed E-state index contributed by atoms with van der Waals surface area (Å²) in [6.45, 7) is 3.98. The molecule has 1 atom stereocenters. The number of aliphatic hydroxyl groups excluding tert-OH is 1. The van der Waals surface area contributed by atoms with Crippen LogP contribution in [0.4, 0.5) is 4.39 Å². The molecular formula is C14H21FO2. The van der Waals surface area contributed by atoms with Crippen molar-refractivity contribution < 1.29 is 14.2 Å². The molecule has 17 heavy (non-hydrogen) atoms. The van der Waals surface area contributed by atoms with Crippen molar-refractivity contribution in [3.8, 4) is 0 Å². The second-order valence-electron chi connectivity index (χ2n) is 4.99. The van der Waals surface area contributed by atoms with E-state index in [9.17, 15) is 9.50 Å². The number of rotatable bonds is 6. The minimum absolute atomic E-state index is 0.219. The molecule has 0 radical (unpaired) electrons. The van der Waals surface area contributed by atoms with Crippen LogP contribution in [0.15, 0.2) is 24.3 Å². The van der Waals surface area contributed by atoms with Gasteiger partial charge < -0.3 is 9.84 Å². The summed E-state index contributed by atoms with van der Waals surface area (Å²) >= 11 is 0. The summed E-state index contributed by atoms with van der Waals surface area (Å²) in [6.07, 6.45) is 1.46. The van der Waals surface area contributed by atoms with Gasteiger partial charge in [-0.2, -0.15) is 0 Å². The summed E-state index contributed by atoms with van der Waals surface area (Å²) in [4.78, 5) is 0. The van der Waals surface area contributed by atoms with Crippen molar-refractivity contribution in [3.05, 3.63) is 35.6 Å². The van der Waals surface area contributed by atoms with Crippen molar-refractivity contribution in [2.75, 3.05) is 7.11 Å². The van der Waals surface area contributed by atoms with Crippen LogP contribution in [0.5, 0.6) is 0 Å². The Hall–Kier alpha value is -0.930. The molecule has 0 bridgehead atoms. The third-order valence-electron chi connectivity index (χ3n) is 2.99. The Balaban J connectivity index is 2.42. The van der Waals surface area contributed by atoms with E-state index in [-0.39, 0.29) is 11.4 Å². The highest BCUT2D eigenvalue weighted by Gasteiger charge is 2.18. The van der Waals surface area contributed by atoms with Crippen molar-refractivity contribution >= 4 is 0 Å². The molecule has 0 spiro atoms. The molecule has 2 nitrogen and oxygen atoms in total. The van der Waals surface area contributed by atoms with Gasteiger partial charge in [-0.3, -0.25) is 0 Å². The first kappa shape index (κ1) is 14.1. The van der Waals surface area contributed by atoms with Gasteiger partial charge in [0.25, 0.3) is 0 Å². The average Bonchev–Trinajstić information content (AvgIpc) is 2.27. The molecule has 0 fully saturated rings. The molecule has 1 unspecified atom stereocenters. The summed E-state index contributed by atoms with van der Waals surface area (Å²) in [5.74, 6) is -0.257. The van der Waals surface area contributed by atoms with E-state index < -0.39 is 6.10 Å². The highest BCUT2D eigenvalue weighted by Crippen LogP contribution is 2.18. The molecule has 3 heteroatoms. The Morgan fingerprint density at radius 3 is 2.71 bits per heavy atom. The second kappa shape index (κ2) is 6.12. The Morgan fingerprint density at radius 1 is 1.41 bits per heavy atom. The molecule has 1 rings (SSSR count). The van der Waals surface area contributed by atoms with Gasteiger partial charge in [0.15, 0.2) is 0 Å². The average molecular weight is 240 g/mol. The van der Waals surface area contributed by atoms with Crippen LogP contribution in [0, 0.1) is 5.82 Å². The van der Waals surface area contributed by atoms with Gasteiger partial charge in [-0.25, -0.2) is 4.39 Å². The van der Waals surface area contributed by atoms with E-state index in [4.69, 9.17) is 4.74 Å². The van der Waals surface area contributed by atoms with Crippen molar-refractivity contribution in [2.24, 2.45) is 0 Å². The normalized spacial score (nSPS) is 13.7. The molecular weight excluding hydrogens is 219 g/mol. The quantitative estimate of drug-likeness (QED) is 0.828. The lowest BCUT2D eigenvalue weighted by atomic mass is 9.97. The molecule has 96 valence electrons. The number of methoxy groups -OCH3 is 1. The fourth-order valence-corrected chi connectivity index (χ4v) is 1.65. The van der Waals surface area contributed by atoms with Crippen LogP contribution >= 0.6 is 0 Å². The maximum absolute atomic E-state index is 12.9. The van der Waals surface area contributed by atoms with E-state index >= 15 is 0 Å². The summed E-state index contributed by atoms with van der Waals surface area (Å²) in [5.41, 5.74) is 0.607. The van der Waals surface area contributed by atoms with Crippen LogP contribution in [-0.4, -0.2) is 23.9 Å². The van der Waals surface area contributed by atoms with Crippen molar-refractivity contribution in [1.82, 2.24) is 0 Å². The van der Waals surface area contributed by atoms with Crippen LogP contribution in [0.1, 0.15) is 32.3 Å².